The van der Waals surface area contributed by atoms with Gasteiger partial charge in [0.2, 0.25) is 0 Å². The minimum Gasteiger partial charge on any atom is -0.303 e. The van der Waals surface area contributed by atoms with E-state index in [2.05, 4.69) is 53.7 Å². The normalized spacial score (nSPS) is 11.0. The quantitative estimate of drug-likeness (QED) is 0.569. The van der Waals surface area contributed by atoms with Crippen LogP contribution in [0.2, 0.25) is 5.02 Å². The molecule has 0 aliphatic carbocycles. The minimum atomic E-state index is 0.784. The zero-order valence-corrected chi connectivity index (χ0v) is 15.1. The van der Waals surface area contributed by atoms with Gasteiger partial charge in [-0.2, -0.15) is 0 Å². The molecule has 3 rings (SSSR count). The highest BCUT2D eigenvalue weighted by Gasteiger charge is 2.13. The molecule has 0 saturated carbocycles. The molecule has 0 radical (unpaired) electrons. The van der Waals surface area contributed by atoms with Gasteiger partial charge >= 0.3 is 0 Å². The van der Waals surface area contributed by atoms with E-state index in [1.807, 2.05) is 24.5 Å². The second-order valence-electron chi connectivity index (χ2n) is 6.05. The van der Waals surface area contributed by atoms with Crippen molar-refractivity contribution in [3.63, 3.8) is 0 Å². The van der Waals surface area contributed by atoms with Crippen molar-refractivity contribution >= 4 is 11.6 Å². The van der Waals surface area contributed by atoms with Crippen molar-refractivity contribution in [1.82, 2.24) is 9.55 Å². The Bertz CT molecular complexity index is 820. The molecule has 124 valence electrons. The standard InChI is InChI=1S/C21H23ClN2/c1-3-8-19-20(4-2)24(15-23-19)21-12-6-5-10-17(21)13-16-9-7-11-18(22)14-16/h5-7,9-12,14-15H,3-4,8,13H2,1-2H3. The Morgan fingerprint density at radius 1 is 1.04 bits per heavy atom. The van der Waals surface area contributed by atoms with E-state index in [1.165, 1.54) is 28.2 Å². The summed E-state index contributed by atoms with van der Waals surface area (Å²) in [6.07, 6.45) is 5.98. The fourth-order valence-electron chi connectivity index (χ4n) is 3.20. The van der Waals surface area contributed by atoms with Crippen molar-refractivity contribution in [2.24, 2.45) is 0 Å². The number of para-hydroxylation sites is 1. The molecule has 1 aromatic heterocycles. The summed E-state index contributed by atoms with van der Waals surface area (Å²) < 4.78 is 2.25. The summed E-state index contributed by atoms with van der Waals surface area (Å²) in [5, 5.41) is 0.784. The molecule has 0 N–H and O–H groups in total. The molecule has 0 aliphatic rings. The highest BCUT2D eigenvalue weighted by molar-refractivity contribution is 6.30. The maximum atomic E-state index is 6.14. The lowest BCUT2D eigenvalue weighted by atomic mass is 10.0. The Labute approximate surface area is 149 Å². The molecule has 2 aromatic carbocycles. The number of nitrogens with zero attached hydrogens (tertiary/aromatic N) is 2. The maximum Gasteiger partial charge on any atom is 0.0997 e. The summed E-state index contributed by atoms with van der Waals surface area (Å²) in [6, 6.07) is 16.6. The number of rotatable bonds is 6. The van der Waals surface area contributed by atoms with Gasteiger partial charge in [-0.1, -0.05) is 62.2 Å². The first-order valence-corrected chi connectivity index (χ1v) is 8.98. The highest BCUT2D eigenvalue weighted by Crippen LogP contribution is 2.23. The molecule has 1 heterocycles. The molecule has 0 unspecified atom stereocenters. The van der Waals surface area contributed by atoms with Gasteiger partial charge in [0.25, 0.3) is 0 Å². The number of imidazole rings is 1. The van der Waals surface area contributed by atoms with Gasteiger partial charge in [0.15, 0.2) is 0 Å². The Kier molecular flexibility index (Phi) is 5.37. The maximum absolute atomic E-state index is 6.14. The van der Waals surface area contributed by atoms with Crippen LogP contribution in [-0.2, 0) is 19.3 Å². The van der Waals surface area contributed by atoms with Crippen LogP contribution in [0.25, 0.3) is 5.69 Å². The first-order chi connectivity index (χ1) is 11.7. The van der Waals surface area contributed by atoms with Crippen molar-refractivity contribution in [2.45, 2.75) is 39.5 Å². The summed E-state index contributed by atoms with van der Waals surface area (Å²) in [4.78, 5) is 4.66. The van der Waals surface area contributed by atoms with Gasteiger partial charge < -0.3 is 4.57 Å². The number of aromatic nitrogens is 2. The number of aryl methyl sites for hydroxylation is 1. The van der Waals surface area contributed by atoms with Gasteiger partial charge in [-0.15, -0.1) is 0 Å². The molecule has 2 nitrogen and oxygen atoms in total. The van der Waals surface area contributed by atoms with Crippen LogP contribution >= 0.6 is 11.6 Å². The highest BCUT2D eigenvalue weighted by atomic mass is 35.5. The second kappa shape index (κ2) is 7.67. The van der Waals surface area contributed by atoms with Crippen LogP contribution in [0.4, 0.5) is 0 Å². The zero-order chi connectivity index (χ0) is 16.9. The first kappa shape index (κ1) is 16.8. The predicted octanol–water partition coefficient (Wildman–Crippen LogP) is 5.63. The summed E-state index contributed by atoms with van der Waals surface area (Å²) in [6.45, 7) is 4.40. The Morgan fingerprint density at radius 3 is 2.62 bits per heavy atom. The SMILES string of the molecule is CCCc1ncn(-c2ccccc2Cc2cccc(Cl)c2)c1CC. The third-order valence-corrected chi connectivity index (χ3v) is 4.54. The summed E-state index contributed by atoms with van der Waals surface area (Å²) in [7, 11) is 0. The van der Waals surface area contributed by atoms with Crippen LogP contribution in [0.5, 0.6) is 0 Å². The van der Waals surface area contributed by atoms with Crippen LogP contribution in [0.3, 0.4) is 0 Å². The van der Waals surface area contributed by atoms with E-state index in [1.54, 1.807) is 0 Å². The smallest absolute Gasteiger partial charge is 0.0997 e. The minimum absolute atomic E-state index is 0.784. The molecule has 0 spiro atoms. The second-order valence-corrected chi connectivity index (χ2v) is 6.48. The summed E-state index contributed by atoms with van der Waals surface area (Å²) in [5.41, 5.74) is 6.26. The molecule has 0 saturated heterocycles. The molecule has 0 bridgehead atoms. The van der Waals surface area contributed by atoms with Crippen LogP contribution in [0.1, 0.15) is 42.8 Å². The molecule has 0 fully saturated rings. The van der Waals surface area contributed by atoms with Crippen LogP contribution in [0, 0.1) is 0 Å². The van der Waals surface area contributed by atoms with E-state index in [9.17, 15) is 0 Å². The molecule has 0 amide bonds. The van der Waals surface area contributed by atoms with Gasteiger partial charge in [-0.05, 0) is 48.6 Å². The molecular formula is C21H23ClN2. The number of hydrogen-bond acceptors (Lipinski definition) is 1. The Hall–Kier alpha value is -2.06. The zero-order valence-electron chi connectivity index (χ0n) is 14.3. The summed E-state index contributed by atoms with van der Waals surface area (Å²) in [5.74, 6) is 0. The third-order valence-electron chi connectivity index (χ3n) is 4.31. The van der Waals surface area contributed by atoms with E-state index < -0.39 is 0 Å². The monoisotopic (exact) mass is 338 g/mol. The Balaban J connectivity index is 2.01. The van der Waals surface area contributed by atoms with E-state index in [0.717, 1.165) is 30.7 Å². The lowest BCUT2D eigenvalue weighted by Crippen LogP contribution is -2.04. The van der Waals surface area contributed by atoms with E-state index in [0.29, 0.717) is 0 Å². The third kappa shape index (κ3) is 3.54. The molecule has 24 heavy (non-hydrogen) atoms. The topological polar surface area (TPSA) is 17.8 Å². The van der Waals surface area contributed by atoms with E-state index in [-0.39, 0.29) is 0 Å². The lowest BCUT2D eigenvalue weighted by Gasteiger charge is -2.14. The molecule has 3 aromatic rings. The number of benzene rings is 2. The molecule has 0 atom stereocenters. The van der Waals surface area contributed by atoms with E-state index >= 15 is 0 Å². The van der Waals surface area contributed by atoms with Crippen molar-refractivity contribution in [3.8, 4) is 5.69 Å². The largest absolute Gasteiger partial charge is 0.303 e. The fraction of sp³-hybridized carbons (Fsp3) is 0.286. The van der Waals surface area contributed by atoms with E-state index in [4.69, 9.17) is 11.6 Å². The predicted molar refractivity (Wildman–Crippen MR) is 101 cm³/mol. The Morgan fingerprint density at radius 2 is 1.88 bits per heavy atom. The van der Waals surface area contributed by atoms with Gasteiger partial charge in [-0.3, -0.25) is 0 Å². The van der Waals surface area contributed by atoms with Crippen molar-refractivity contribution in [1.29, 1.82) is 0 Å². The molecular weight excluding hydrogens is 316 g/mol. The van der Waals surface area contributed by atoms with Gasteiger partial charge in [0.1, 0.15) is 0 Å². The van der Waals surface area contributed by atoms with Gasteiger partial charge in [0, 0.05) is 10.7 Å². The first-order valence-electron chi connectivity index (χ1n) is 8.60. The fourth-order valence-corrected chi connectivity index (χ4v) is 3.41. The molecule has 0 aliphatic heterocycles. The number of hydrogen-bond donors (Lipinski definition) is 0. The average molecular weight is 339 g/mol. The van der Waals surface area contributed by atoms with Crippen molar-refractivity contribution < 1.29 is 0 Å². The average Bonchev–Trinajstić information content (AvgIpc) is 2.98. The van der Waals surface area contributed by atoms with Crippen LogP contribution < -0.4 is 0 Å². The van der Waals surface area contributed by atoms with Crippen molar-refractivity contribution in [2.75, 3.05) is 0 Å². The number of halogens is 1. The van der Waals surface area contributed by atoms with Gasteiger partial charge in [-0.25, -0.2) is 4.98 Å². The summed E-state index contributed by atoms with van der Waals surface area (Å²) >= 11 is 6.14. The lowest BCUT2D eigenvalue weighted by molar-refractivity contribution is 0.850. The van der Waals surface area contributed by atoms with Crippen LogP contribution in [-0.4, -0.2) is 9.55 Å². The van der Waals surface area contributed by atoms with Crippen molar-refractivity contribution in [3.05, 3.63) is 82.4 Å². The molecule has 3 heteroatoms. The van der Waals surface area contributed by atoms with Crippen LogP contribution in [0.15, 0.2) is 54.9 Å². The van der Waals surface area contributed by atoms with Gasteiger partial charge in [0.05, 0.1) is 17.7 Å².